The molecule has 1 amide bonds. The van der Waals surface area contributed by atoms with Gasteiger partial charge in [0.15, 0.2) is 11.6 Å². The summed E-state index contributed by atoms with van der Waals surface area (Å²) in [5, 5.41) is 10.7. The summed E-state index contributed by atoms with van der Waals surface area (Å²) in [6.07, 6.45) is 0. The quantitative estimate of drug-likeness (QED) is 0.856. The van der Waals surface area contributed by atoms with E-state index in [1.54, 1.807) is 0 Å². The second-order valence-corrected chi connectivity index (χ2v) is 3.89. The molecule has 0 fully saturated rings. The maximum absolute atomic E-state index is 13.4. The van der Waals surface area contributed by atoms with E-state index in [1.165, 1.54) is 24.3 Å². The summed E-state index contributed by atoms with van der Waals surface area (Å²) in [5.74, 6) is -4.37. The minimum atomic E-state index is -1.33. The standard InChI is InChI=1S/C14H7F3N2O/c15-10-5-12(17)13(6-11(10)16)19-14(20)9-3-1-8(7-18)2-4-9/h1-6H,(H,19,20). The van der Waals surface area contributed by atoms with Crippen LogP contribution >= 0.6 is 0 Å². The number of rotatable bonds is 2. The first kappa shape index (κ1) is 13.6. The predicted molar refractivity (Wildman–Crippen MR) is 65.4 cm³/mol. The van der Waals surface area contributed by atoms with Crippen LogP contribution in [0.15, 0.2) is 36.4 Å². The van der Waals surface area contributed by atoms with Crippen LogP contribution in [0.25, 0.3) is 0 Å². The van der Waals surface area contributed by atoms with E-state index in [1.807, 2.05) is 6.07 Å². The van der Waals surface area contributed by atoms with Crippen molar-refractivity contribution >= 4 is 11.6 Å². The molecule has 0 unspecified atom stereocenters. The summed E-state index contributed by atoms with van der Waals surface area (Å²) in [7, 11) is 0. The molecular weight excluding hydrogens is 269 g/mol. The Balaban J connectivity index is 2.23. The lowest BCUT2D eigenvalue weighted by molar-refractivity contribution is 0.102. The third kappa shape index (κ3) is 2.78. The summed E-state index contributed by atoms with van der Waals surface area (Å²) in [4.78, 5) is 11.8. The Kier molecular flexibility index (Phi) is 3.71. The molecule has 2 aromatic rings. The van der Waals surface area contributed by atoms with Gasteiger partial charge in [-0.25, -0.2) is 13.2 Å². The monoisotopic (exact) mass is 276 g/mol. The molecule has 0 aliphatic rings. The van der Waals surface area contributed by atoms with Crippen molar-refractivity contribution in [3.05, 3.63) is 65.0 Å². The van der Waals surface area contributed by atoms with Gasteiger partial charge < -0.3 is 5.32 Å². The zero-order valence-corrected chi connectivity index (χ0v) is 9.95. The van der Waals surface area contributed by atoms with Gasteiger partial charge in [-0.3, -0.25) is 4.79 Å². The van der Waals surface area contributed by atoms with Gasteiger partial charge in [-0.15, -0.1) is 0 Å². The fraction of sp³-hybridized carbons (Fsp3) is 0. The molecule has 0 heterocycles. The molecule has 0 aromatic heterocycles. The van der Waals surface area contributed by atoms with Crippen molar-refractivity contribution in [3.8, 4) is 6.07 Å². The van der Waals surface area contributed by atoms with Gasteiger partial charge >= 0.3 is 0 Å². The molecule has 0 aliphatic heterocycles. The lowest BCUT2D eigenvalue weighted by Crippen LogP contribution is -2.13. The normalized spacial score (nSPS) is 9.90. The fourth-order valence-corrected chi connectivity index (χ4v) is 1.51. The van der Waals surface area contributed by atoms with Gasteiger partial charge in [-0.2, -0.15) is 5.26 Å². The lowest BCUT2D eigenvalue weighted by Gasteiger charge is -2.07. The van der Waals surface area contributed by atoms with Gasteiger partial charge in [0.25, 0.3) is 5.91 Å². The minimum Gasteiger partial charge on any atom is -0.319 e. The molecule has 0 radical (unpaired) electrons. The highest BCUT2D eigenvalue weighted by molar-refractivity contribution is 6.04. The van der Waals surface area contributed by atoms with Crippen LogP contribution in [0.5, 0.6) is 0 Å². The Labute approximate surface area is 112 Å². The molecule has 2 aromatic carbocycles. The topological polar surface area (TPSA) is 52.9 Å². The van der Waals surface area contributed by atoms with Gasteiger partial charge in [-0.1, -0.05) is 0 Å². The number of hydrogen-bond donors (Lipinski definition) is 1. The summed E-state index contributed by atoms with van der Waals surface area (Å²) in [6, 6.07) is 8.36. The first-order valence-corrected chi connectivity index (χ1v) is 5.47. The Bertz CT molecular complexity index is 706. The van der Waals surface area contributed by atoms with Crippen molar-refractivity contribution in [3.63, 3.8) is 0 Å². The van der Waals surface area contributed by atoms with E-state index in [2.05, 4.69) is 5.32 Å². The second kappa shape index (κ2) is 5.45. The van der Waals surface area contributed by atoms with Crippen molar-refractivity contribution in [2.75, 3.05) is 5.32 Å². The van der Waals surface area contributed by atoms with Crippen molar-refractivity contribution in [2.45, 2.75) is 0 Å². The van der Waals surface area contributed by atoms with Crippen molar-refractivity contribution < 1.29 is 18.0 Å². The maximum Gasteiger partial charge on any atom is 0.255 e. The molecular formula is C14H7F3N2O. The molecule has 0 saturated carbocycles. The Morgan fingerprint density at radius 3 is 2.20 bits per heavy atom. The number of halogens is 3. The lowest BCUT2D eigenvalue weighted by atomic mass is 10.1. The van der Waals surface area contributed by atoms with E-state index in [4.69, 9.17) is 5.26 Å². The van der Waals surface area contributed by atoms with Crippen molar-refractivity contribution in [2.24, 2.45) is 0 Å². The van der Waals surface area contributed by atoms with Gasteiger partial charge in [0.1, 0.15) is 5.82 Å². The molecule has 20 heavy (non-hydrogen) atoms. The number of carbonyl (C=O) groups excluding carboxylic acids is 1. The molecule has 0 aliphatic carbocycles. The summed E-state index contributed by atoms with van der Waals surface area (Å²) < 4.78 is 39.1. The smallest absolute Gasteiger partial charge is 0.255 e. The van der Waals surface area contributed by atoms with Crippen molar-refractivity contribution in [1.29, 1.82) is 5.26 Å². The van der Waals surface area contributed by atoms with E-state index in [0.29, 0.717) is 17.7 Å². The van der Waals surface area contributed by atoms with E-state index >= 15 is 0 Å². The van der Waals surface area contributed by atoms with Crippen LogP contribution in [0.1, 0.15) is 15.9 Å². The largest absolute Gasteiger partial charge is 0.319 e. The molecule has 0 saturated heterocycles. The molecule has 0 bridgehead atoms. The summed E-state index contributed by atoms with van der Waals surface area (Å²) >= 11 is 0. The minimum absolute atomic E-state index is 0.160. The number of nitrogens with one attached hydrogen (secondary N) is 1. The number of carbonyl (C=O) groups is 1. The Morgan fingerprint density at radius 2 is 1.60 bits per heavy atom. The number of hydrogen-bond acceptors (Lipinski definition) is 2. The van der Waals surface area contributed by atoms with Gasteiger partial charge in [0, 0.05) is 17.7 Å². The molecule has 100 valence electrons. The van der Waals surface area contributed by atoms with Crippen LogP contribution in [-0.2, 0) is 0 Å². The first-order valence-electron chi connectivity index (χ1n) is 5.47. The summed E-state index contributed by atoms with van der Waals surface area (Å²) in [5.41, 5.74) is 0.0620. The third-order valence-corrected chi connectivity index (χ3v) is 2.53. The molecule has 2 rings (SSSR count). The van der Waals surface area contributed by atoms with Crippen LogP contribution in [-0.4, -0.2) is 5.91 Å². The SMILES string of the molecule is N#Cc1ccc(C(=O)Nc2cc(F)c(F)cc2F)cc1. The number of benzene rings is 2. The molecule has 0 atom stereocenters. The van der Waals surface area contributed by atoms with Crippen LogP contribution in [0, 0.1) is 28.8 Å². The fourth-order valence-electron chi connectivity index (χ4n) is 1.51. The van der Waals surface area contributed by atoms with E-state index in [9.17, 15) is 18.0 Å². The van der Waals surface area contributed by atoms with Crippen LogP contribution in [0.4, 0.5) is 18.9 Å². The average Bonchev–Trinajstić information content (AvgIpc) is 2.44. The van der Waals surface area contributed by atoms with Crippen LogP contribution in [0.3, 0.4) is 0 Å². The second-order valence-electron chi connectivity index (χ2n) is 3.89. The highest BCUT2D eigenvalue weighted by atomic mass is 19.2. The maximum atomic E-state index is 13.4. The predicted octanol–water partition coefficient (Wildman–Crippen LogP) is 3.23. The molecule has 0 spiro atoms. The van der Waals surface area contributed by atoms with Crippen LogP contribution < -0.4 is 5.32 Å². The third-order valence-electron chi connectivity index (χ3n) is 2.53. The number of anilines is 1. The van der Waals surface area contributed by atoms with Gasteiger partial charge in [-0.05, 0) is 24.3 Å². The van der Waals surface area contributed by atoms with E-state index in [0.717, 1.165) is 0 Å². The zero-order chi connectivity index (χ0) is 14.7. The number of nitrogens with zero attached hydrogens (tertiary/aromatic N) is 1. The molecule has 3 nitrogen and oxygen atoms in total. The number of amides is 1. The van der Waals surface area contributed by atoms with Crippen LogP contribution in [0.2, 0.25) is 0 Å². The average molecular weight is 276 g/mol. The highest BCUT2D eigenvalue weighted by Gasteiger charge is 2.13. The van der Waals surface area contributed by atoms with E-state index in [-0.39, 0.29) is 5.56 Å². The highest BCUT2D eigenvalue weighted by Crippen LogP contribution is 2.19. The Morgan fingerprint density at radius 1 is 1.00 bits per heavy atom. The van der Waals surface area contributed by atoms with Gasteiger partial charge in [0.2, 0.25) is 0 Å². The summed E-state index contributed by atoms with van der Waals surface area (Å²) in [6.45, 7) is 0. The van der Waals surface area contributed by atoms with E-state index < -0.39 is 29.0 Å². The van der Waals surface area contributed by atoms with Gasteiger partial charge in [0.05, 0.1) is 17.3 Å². The zero-order valence-electron chi connectivity index (χ0n) is 9.95. The molecule has 6 heteroatoms. The first-order chi connectivity index (χ1) is 9.51. The van der Waals surface area contributed by atoms with Crippen molar-refractivity contribution in [1.82, 2.24) is 0 Å². The molecule has 1 N–H and O–H groups in total. The Hall–Kier alpha value is -2.81. The number of nitriles is 1.